The summed E-state index contributed by atoms with van der Waals surface area (Å²) in [6, 6.07) is 125. The van der Waals surface area contributed by atoms with Gasteiger partial charge in [-0.15, -0.1) is 0 Å². The molecule has 6 heteroatoms. The van der Waals surface area contributed by atoms with Crippen LogP contribution in [0.2, 0.25) is 0 Å². The number of hydrogen-bond acceptors (Lipinski definition) is 4. The fourth-order valence-electron chi connectivity index (χ4n) is 14.5. The summed E-state index contributed by atoms with van der Waals surface area (Å²) in [5, 5.41) is 8.11. The monoisotopic (exact) mass is 1340 g/mol. The van der Waals surface area contributed by atoms with Crippen LogP contribution in [-0.2, 0) is 51.7 Å². The van der Waals surface area contributed by atoms with Crippen LogP contribution >= 0.6 is 15.8 Å². The van der Waals surface area contributed by atoms with Crippen molar-refractivity contribution in [2.45, 2.75) is 58.2 Å². The second-order valence-electron chi connectivity index (χ2n) is 26.5. The Hall–Kier alpha value is -10.9. The van der Waals surface area contributed by atoms with Gasteiger partial charge in [0.25, 0.3) is 0 Å². The molecule has 0 unspecified atom stereocenters. The van der Waals surface area contributed by atoms with E-state index in [0.29, 0.717) is 58.5 Å². The van der Waals surface area contributed by atoms with Gasteiger partial charge in [-0.25, -0.2) is 0 Å². The molecule has 4 nitrogen and oxygen atoms in total. The summed E-state index contributed by atoms with van der Waals surface area (Å²) >= 11 is 0. The Balaban J connectivity index is 0.767. The fraction of sp³-hybridized carbons (Fsp3) is 0.116. The highest BCUT2D eigenvalue weighted by Gasteiger charge is 2.26. The first kappa shape index (κ1) is 64.8. The van der Waals surface area contributed by atoms with Gasteiger partial charge in [-0.3, -0.25) is 0 Å². The SMILES string of the molecule is c1ccc(COc2c3cccc2Cc2cc(-c4ccc(Cc5ccc(P(c6ccccc6)c6ccccc6)cc5)cc4)cc4c2OCCCOc2c(cc(-c5ccc(Cc6ccc(P(c7ccccc7)c7ccccc7)cc6)cc5)cc2Cc2cccc(c2OCc2ccccc2)C4)C3)cc1. The number of hydrogen-bond donors (Lipinski definition) is 0. The molecule has 0 aliphatic carbocycles. The topological polar surface area (TPSA) is 36.9 Å². The van der Waals surface area contributed by atoms with Crippen molar-refractivity contribution in [2.24, 2.45) is 0 Å². The van der Waals surface area contributed by atoms with Gasteiger partial charge in [0.15, 0.2) is 0 Å². The second kappa shape index (κ2) is 30.7. The molecule has 0 N–H and O–H groups in total. The zero-order chi connectivity index (χ0) is 67.5. The number of fused-ring (bicyclic) bond motifs is 8. The highest BCUT2D eigenvalue weighted by Crippen LogP contribution is 2.44. The van der Waals surface area contributed by atoms with Crippen LogP contribution in [0.4, 0.5) is 0 Å². The third-order valence-corrected chi connectivity index (χ3v) is 24.3. The Morgan fingerprint density at radius 2 is 0.505 bits per heavy atom. The molecule has 0 amide bonds. The van der Waals surface area contributed by atoms with E-state index < -0.39 is 15.8 Å². The van der Waals surface area contributed by atoms with Crippen molar-refractivity contribution in [1.82, 2.24) is 0 Å². The maximum atomic E-state index is 7.24. The summed E-state index contributed by atoms with van der Waals surface area (Å²) in [6.45, 7) is 1.80. The molecule has 16 rings (SSSR count). The van der Waals surface area contributed by atoms with Crippen LogP contribution in [-0.4, -0.2) is 13.2 Å². The van der Waals surface area contributed by atoms with E-state index in [2.05, 4.69) is 340 Å². The standard InChI is InChI=1S/C95H78O4P2/c1-7-22-72(23-8-1)66-98-92-76-26-19-27-77(92)59-83-63-81(75-48-40-69(41-49-75)57-71-44-52-91(53-45-71)101(88-34-15-5-16-35-88)89-36-17-6-18-37-89)65-85-61-79-29-20-28-78(93(79)99-67-73-24-9-2-10-25-73)60-84-64-80(62-82(58-76)94(84)96-54-21-55-97-95(83)85)74-46-38-68(39-47-74)56-70-42-50-90(51-43-70)100(86-30-11-3-12-31-86)87-32-13-4-14-33-87/h1-20,22-53,62-65H,21,54-61,66-67H2. The molecule has 14 aromatic rings. The van der Waals surface area contributed by atoms with Gasteiger partial charge in [-0.05, 0) is 185 Å². The first-order chi connectivity index (χ1) is 50.0. The van der Waals surface area contributed by atoms with Gasteiger partial charge >= 0.3 is 0 Å². The Morgan fingerprint density at radius 1 is 0.238 bits per heavy atom. The second-order valence-corrected chi connectivity index (χ2v) is 30.9. The molecule has 0 radical (unpaired) electrons. The molecule has 2 aliphatic rings. The molecular weight excluding hydrogens is 1270 g/mol. The van der Waals surface area contributed by atoms with E-state index in [9.17, 15) is 0 Å². The summed E-state index contributed by atoms with van der Waals surface area (Å²) < 4.78 is 28.9. The highest BCUT2D eigenvalue weighted by atomic mass is 31.1. The van der Waals surface area contributed by atoms with Crippen molar-refractivity contribution in [3.63, 3.8) is 0 Å². The average molecular weight is 1350 g/mol. The van der Waals surface area contributed by atoms with Crippen LogP contribution in [0.25, 0.3) is 22.3 Å². The van der Waals surface area contributed by atoms with Crippen LogP contribution in [0.5, 0.6) is 23.0 Å². The molecule has 6 bridgehead atoms. The van der Waals surface area contributed by atoms with Gasteiger partial charge < -0.3 is 18.9 Å². The molecular formula is C95H78O4P2. The van der Waals surface area contributed by atoms with Crippen LogP contribution in [0, 0.1) is 0 Å². The van der Waals surface area contributed by atoms with Gasteiger partial charge in [0.05, 0.1) is 13.2 Å². The summed E-state index contributed by atoms with van der Waals surface area (Å²) in [6.07, 6.45) is 4.71. The molecule has 0 aromatic heterocycles. The van der Waals surface area contributed by atoms with Crippen molar-refractivity contribution in [3.05, 3.63) is 418 Å². The van der Waals surface area contributed by atoms with Crippen molar-refractivity contribution in [1.29, 1.82) is 0 Å². The highest BCUT2D eigenvalue weighted by molar-refractivity contribution is 7.80. The summed E-state index contributed by atoms with van der Waals surface area (Å²) in [5.41, 5.74) is 20.7. The normalized spacial score (nSPS) is 12.6. The summed E-state index contributed by atoms with van der Waals surface area (Å²) in [7, 11) is -1.37. The molecule has 14 aromatic carbocycles. The molecule has 492 valence electrons. The predicted octanol–water partition coefficient (Wildman–Crippen LogP) is 19.7. The van der Waals surface area contributed by atoms with E-state index in [-0.39, 0.29) is 0 Å². The largest absolute Gasteiger partial charge is 0.493 e. The molecule has 101 heavy (non-hydrogen) atoms. The van der Waals surface area contributed by atoms with Gasteiger partial charge in [-0.2, -0.15) is 0 Å². The lowest BCUT2D eigenvalue weighted by Gasteiger charge is -2.25. The Labute approximate surface area is 597 Å². The molecule has 0 saturated carbocycles. The van der Waals surface area contributed by atoms with Gasteiger partial charge in [-0.1, -0.05) is 315 Å². The van der Waals surface area contributed by atoms with Crippen molar-refractivity contribution < 1.29 is 18.9 Å². The lowest BCUT2D eigenvalue weighted by atomic mass is 9.88. The maximum Gasteiger partial charge on any atom is 0.126 e. The van der Waals surface area contributed by atoms with E-state index in [4.69, 9.17) is 18.9 Å². The zero-order valence-corrected chi connectivity index (χ0v) is 58.4. The van der Waals surface area contributed by atoms with E-state index in [1.54, 1.807) is 0 Å². The van der Waals surface area contributed by atoms with Crippen LogP contribution in [0.1, 0.15) is 84.3 Å². The lowest BCUT2D eigenvalue weighted by molar-refractivity contribution is 0.242. The van der Waals surface area contributed by atoms with Crippen LogP contribution < -0.4 is 50.8 Å². The minimum Gasteiger partial charge on any atom is -0.493 e. The molecule has 2 aliphatic heterocycles. The average Bonchev–Trinajstić information content (AvgIpc) is 1.68. The third kappa shape index (κ3) is 15.2. The fourth-order valence-corrected chi connectivity index (χ4v) is 19.0. The molecule has 0 spiro atoms. The van der Waals surface area contributed by atoms with E-state index >= 15 is 0 Å². The molecule has 0 fully saturated rings. The van der Waals surface area contributed by atoms with Crippen molar-refractivity contribution in [3.8, 4) is 45.3 Å². The van der Waals surface area contributed by atoms with Crippen molar-refractivity contribution in [2.75, 3.05) is 13.2 Å². The van der Waals surface area contributed by atoms with Crippen LogP contribution in [0.3, 0.4) is 0 Å². The van der Waals surface area contributed by atoms with Crippen molar-refractivity contribution >= 4 is 47.7 Å². The number of ether oxygens (including phenoxy) is 4. The molecule has 2 heterocycles. The Bertz CT molecular complexity index is 4600. The number of rotatable bonds is 18. The first-order valence-corrected chi connectivity index (χ1v) is 38.0. The van der Waals surface area contributed by atoms with Gasteiger partial charge in [0.2, 0.25) is 0 Å². The number of para-hydroxylation sites is 2. The zero-order valence-electron chi connectivity index (χ0n) is 56.6. The quantitative estimate of drug-likeness (QED) is 0.0803. The minimum absolute atomic E-state index is 0.424. The van der Waals surface area contributed by atoms with Gasteiger partial charge in [0, 0.05) is 32.1 Å². The number of benzene rings is 14. The molecule has 0 atom stereocenters. The minimum atomic E-state index is -0.684. The Morgan fingerprint density at radius 3 is 0.802 bits per heavy atom. The van der Waals surface area contributed by atoms with E-state index in [0.717, 1.165) is 114 Å². The third-order valence-electron chi connectivity index (χ3n) is 19.4. The van der Waals surface area contributed by atoms with Gasteiger partial charge in [0.1, 0.15) is 36.2 Å². The molecule has 0 saturated heterocycles. The predicted molar refractivity (Wildman–Crippen MR) is 421 cm³/mol. The first-order valence-electron chi connectivity index (χ1n) is 35.3. The Kier molecular flexibility index (Phi) is 19.7. The lowest BCUT2D eigenvalue weighted by Crippen LogP contribution is -2.20. The van der Waals surface area contributed by atoms with Crippen LogP contribution in [0.15, 0.2) is 340 Å². The summed E-state index contributed by atoms with van der Waals surface area (Å²) in [5.74, 6) is 3.58. The smallest absolute Gasteiger partial charge is 0.126 e. The summed E-state index contributed by atoms with van der Waals surface area (Å²) in [4.78, 5) is 0. The van der Waals surface area contributed by atoms with E-state index in [1.807, 2.05) is 0 Å². The van der Waals surface area contributed by atoms with E-state index in [1.165, 1.54) is 54.1 Å². The maximum absolute atomic E-state index is 7.24.